The van der Waals surface area contributed by atoms with Crippen LogP contribution in [0.25, 0.3) is 10.9 Å². The summed E-state index contributed by atoms with van der Waals surface area (Å²) in [7, 11) is 0. The quantitative estimate of drug-likeness (QED) is 0.768. The van der Waals surface area contributed by atoms with Crippen LogP contribution < -0.4 is 0 Å². The molecule has 1 heterocycles. The van der Waals surface area contributed by atoms with E-state index < -0.39 is 11.1 Å². The number of H-pyrrole nitrogens is 1. The average Bonchev–Trinajstić information content (AvgIpc) is 2.51. The smallest absolute Gasteiger partial charge is 0.157 e. The molecule has 4 heteroatoms. The van der Waals surface area contributed by atoms with E-state index >= 15 is 0 Å². The summed E-state index contributed by atoms with van der Waals surface area (Å²) in [6, 6.07) is 5.99. The maximum absolute atomic E-state index is 10.9. The minimum atomic E-state index is -1.79. The lowest BCUT2D eigenvalue weighted by atomic mass is 10.1. The molecule has 1 aromatic carbocycles. The third-order valence-corrected chi connectivity index (χ3v) is 3.09. The van der Waals surface area contributed by atoms with E-state index in [9.17, 15) is 4.21 Å². The third-order valence-electron chi connectivity index (χ3n) is 2.55. The topological polar surface area (TPSA) is 53.1 Å². The average molecular weight is 223 g/mol. The predicted octanol–water partition coefficient (Wildman–Crippen LogP) is 2.51. The van der Waals surface area contributed by atoms with Crippen molar-refractivity contribution < 1.29 is 8.76 Å². The standard InChI is InChI=1S/C11H13NO2S/c1-7-3-4-11-9(5-8(2)12-11)10(7)6-15(13)14/h3-5,12H,6H2,1-2H3,(H,13,14). The minimum absolute atomic E-state index is 0.195. The van der Waals surface area contributed by atoms with Crippen LogP contribution in [0.1, 0.15) is 16.8 Å². The van der Waals surface area contributed by atoms with Crippen LogP contribution in [-0.2, 0) is 16.8 Å². The van der Waals surface area contributed by atoms with Gasteiger partial charge in [0.05, 0.1) is 5.75 Å². The number of aryl methyl sites for hydroxylation is 2. The summed E-state index contributed by atoms with van der Waals surface area (Å²) in [6.07, 6.45) is 0. The zero-order valence-corrected chi connectivity index (χ0v) is 9.52. The molecule has 0 saturated heterocycles. The van der Waals surface area contributed by atoms with Gasteiger partial charge in [-0.25, -0.2) is 4.21 Å². The molecule has 0 aliphatic carbocycles. The number of benzene rings is 1. The molecule has 0 radical (unpaired) electrons. The van der Waals surface area contributed by atoms with Crippen LogP contribution in [0.5, 0.6) is 0 Å². The summed E-state index contributed by atoms with van der Waals surface area (Å²) in [5, 5.41) is 1.05. The Labute approximate surface area is 90.8 Å². The lowest BCUT2D eigenvalue weighted by Crippen LogP contribution is -1.96. The van der Waals surface area contributed by atoms with Crippen LogP contribution >= 0.6 is 0 Å². The second kappa shape index (κ2) is 3.79. The Bertz CT molecular complexity index is 531. The van der Waals surface area contributed by atoms with Crippen molar-refractivity contribution in [3.63, 3.8) is 0 Å². The van der Waals surface area contributed by atoms with Gasteiger partial charge in [0.25, 0.3) is 0 Å². The number of nitrogens with one attached hydrogen (secondary N) is 1. The molecule has 0 fully saturated rings. The molecule has 1 aromatic heterocycles. The van der Waals surface area contributed by atoms with Crippen molar-refractivity contribution in [3.05, 3.63) is 35.0 Å². The summed E-state index contributed by atoms with van der Waals surface area (Å²) in [4.78, 5) is 3.22. The zero-order chi connectivity index (χ0) is 11.0. The van der Waals surface area contributed by atoms with Gasteiger partial charge in [0.15, 0.2) is 11.1 Å². The summed E-state index contributed by atoms with van der Waals surface area (Å²) in [5.74, 6) is 0.195. The zero-order valence-electron chi connectivity index (χ0n) is 8.70. The molecule has 0 spiro atoms. The van der Waals surface area contributed by atoms with Crippen molar-refractivity contribution in [2.75, 3.05) is 0 Å². The first-order chi connectivity index (χ1) is 7.08. The Kier molecular flexibility index (Phi) is 2.63. The van der Waals surface area contributed by atoms with E-state index in [0.29, 0.717) is 0 Å². The maximum Gasteiger partial charge on any atom is 0.157 e. The van der Waals surface area contributed by atoms with Crippen LogP contribution in [0.2, 0.25) is 0 Å². The fraction of sp³-hybridized carbons (Fsp3) is 0.273. The van der Waals surface area contributed by atoms with Crippen LogP contribution in [0.4, 0.5) is 0 Å². The number of hydrogen-bond donors (Lipinski definition) is 2. The SMILES string of the molecule is Cc1cc2c(CS(=O)O)c(C)ccc2[nH]1. The lowest BCUT2D eigenvalue weighted by Gasteiger charge is -2.04. The van der Waals surface area contributed by atoms with E-state index in [1.807, 2.05) is 32.0 Å². The summed E-state index contributed by atoms with van der Waals surface area (Å²) >= 11 is -1.79. The van der Waals surface area contributed by atoms with E-state index in [-0.39, 0.29) is 5.75 Å². The molecule has 3 nitrogen and oxygen atoms in total. The highest BCUT2D eigenvalue weighted by Crippen LogP contribution is 2.23. The minimum Gasteiger partial charge on any atom is -0.359 e. The Hall–Kier alpha value is -1.13. The molecule has 0 aliphatic rings. The molecule has 1 atom stereocenters. The van der Waals surface area contributed by atoms with E-state index in [2.05, 4.69) is 4.98 Å². The maximum atomic E-state index is 10.9. The summed E-state index contributed by atoms with van der Waals surface area (Å²) in [6.45, 7) is 3.94. The Morgan fingerprint density at radius 3 is 2.80 bits per heavy atom. The molecule has 2 aromatic rings. The molecule has 2 rings (SSSR count). The first-order valence-corrected chi connectivity index (χ1v) is 6.01. The Balaban J connectivity index is 2.67. The van der Waals surface area contributed by atoms with Crippen molar-refractivity contribution in [1.82, 2.24) is 4.98 Å². The van der Waals surface area contributed by atoms with E-state index in [1.54, 1.807) is 0 Å². The lowest BCUT2D eigenvalue weighted by molar-refractivity contribution is 0.563. The predicted molar refractivity (Wildman–Crippen MR) is 62.2 cm³/mol. The van der Waals surface area contributed by atoms with Gasteiger partial charge in [0, 0.05) is 16.6 Å². The summed E-state index contributed by atoms with van der Waals surface area (Å²) in [5.41, 5.74) is 4.11. The van der Waals surface area contributed by atoms with Gasteiger partial charge in [-0.1, -0.05) is 6.07 Å². The molecule has 1 unspecified atom stereocenters. The van der Waals surface area contributed by atoms with Crippen molar-refractivity contribution in [1.29, 1.82) is 0 Å². The van der Waals surface area contributed by atoms with E-state index in [0.717, 1.165) is 27.7 Å². The van der Waals surface area contributed by atoms with Crippen molar-refractivity contribution in [2.45, 2.75) is 19.6 Å². The van der Waals surface area contributed by atoms with E-state index in [4.69, 9.17) is 4.55 Å². The Morgan fingerprint density at radius 1 is 1.40 bits per heavy atom. The molecule has 0 aliphatic heterocycles. The van der Waals surface area contributed by atoms with Crippen molar-refractivity contribution >= 4 is 22.0 Å². The van der Waals surface area contributed by atoms with Gasteiger partial charge in [-0.05, 0) is 37.1 Å². The van der Waals surface area contributed by atoms with Crippen molar-refractivity contribution in [2.24, 2.45) is 0 Å². The van der Waals surface area contributed by atoms with Crippen LogP contribution in [0, 0.1) is 13.8 Å². The molecular formula is C11H13NO2S. The number of aromatic amines is 1. The largest absolute Gasteiger partial charge is 0.359 e. The van der Waals surface area contributed by atoms with Crippen LogP contribution in [-0.4, -0.2) is 13.7 Å². The monoisotopic (exact) mass is 223 g/mol. The number of aromatic nitrogens is 1. The van der Waals surface area contributed by atoms with Gasteiger partial charge < -0.3 is 9.54 Å². The normalized spacial score (nSPS) is 13.3. The van der Waals surface area contributed by atoms with Gasteiger partial charge in [-0.3, -0.25) is 0 Å². The second-order valence-electron chi connectivity index (χ2n) is 3.74. The number of hydrogen-bond acceptors (Lipinski definition) is 1. The van der Waals surface area contributed by atoms with Gasteiger partial charge >= 0.3 is 0 Å². The third kappa shape index (κ3) is 1.96. The highest BCUT2D eigenvalue weighted by atomic mass is 32.2. The molecule has 0 saturated carbocycles. The fourth-order valence-electron chi connectivity index (χ4n) is 1.83. The molecule has 80 valence electrons. The highest BCUT2D eigenvalue weighted by molar-refractivity contribution is 7.78. The first kappa shape index (κ1) is 10.4. The number of fused-ring (bicyclic) bond motifs is 1. The van der Waals surface area contributed by atoms with E-state index in [1.165, 1.54) is 0 Å². The van der Waals surface area contributed by atoms with Crippen LogP contribution in [0.3, 0.4) is 0 Å². The molecular weight excluding hydrogens is 210 g/mol. The van der Waals surface area contributed by atoms with Gasteiger partial charge in [0.2, 0.25) is 0 Å². The Morgan fingerprint density at radius 2 is 2.13 bits per heavy atom. The molecule has 2 N–H and O–H groups in total. The molecule has 0 amide bonds. The summed E-state index contributed by atoms with van der Waals surface area (Å²) < 4.78 is 19.8. The van der Waals surface area contributed by atoms with Crippen LogP contribution in [0.15, 0.2) is 18.2 Å². The molecule has 15 heavy (non-hydrogen) atoms. The van der Waals surface area contributed by atoms with Gasteiger partial charge in [-0.15, -0.1) is 0 Å². The number of rotatable bonds is 2. The molecule has 0 bridgehead atoms. The van der Waals surface area contributed by atoms with Gasteiger partial charge in [-0.2, -0.15) is 0 Å². The second-order valence-corrected chi connectivity index (χ2v) is 4.67. The van der Waals surface area contributed by atoms with Gasteiger partial charge in [0.1, 0.15) is 0 Å². The van der Waals surface area contributed by atoms with Crippen molar-refractivity contribution in [3.8, 4) is 0 Å². The highest BCUT2D eigenvalue weighted by Gasteiger charge is 2.09. The fourth-order valence-corrected chi connectivity index (χ4v) is 2.46. The first-order valence-electron chi connectivity index (χ1n) is 4.73.